The topological polar surface area (TPSA) is 57.5 Å². The SMILES string of the molecule is CCC1C(=O)CC2C3CC=C4CC(O)C(O)CC4(C)C3CCC12C. The van der Waals surface area contributed by atoms with Gasteiger partial charge in [0.05, 0.1) is 12.2 Å². The van der Waals surface area contributed by atoms with Crippen LogP contribution in [-0.2, 0) is 4.79 Å². The van der Waals surface area contributed by atoms with Crippen molar-refractivity contribution in [3.8, 4) is 0 Å². The number of ketones is 1. The number of rotatable bonds is 1. The van der Waals surface area contributed by atoms with Gasteiger partial charge in [-0.3, -0.25) is 4.79 Å². The fraction of sp³-hybridized carbons (Fsp3) is 0.857. The Morgan fingerprint density at radius 2 is 1.92 bits per heavy atom. The Bertz CT molecular complexity index is 582. The van der Waals surface area contributed by atoms with Gasteiger partial charge in [0.2, 0.25) is 0 Å². The van der Waals surface area contributed by atoms with Crippen molar-refractivity contribution in [2.24, 2.45) is 34.5 Å². The number of allylic oxidation sites excluding steroid dienone is 1. The molecule has 0 aromatic heterocycles. The van der Waals surface area contributed by atoms with E-state index >= 15 is 0 Å². The number of carbonyl (C=O) groups is 1. The highest BCUT2D eigenvalue weighted by Gasteiger charge is 2.61. The number of aliphatic hydroxyl groups excluding tert-OH is 2. The van der Waals surface area contributed by atoms with Crippen molar-refractivity contribution < 1.29 is 15.0 Å². The molecule has 4 aliphatic rings. The molecule has 3 heteroatoms. The van der Waals surface area contributed by atoms with Crippen molar-refractivity contribution in [2.45, 2.75) is 77.9 Å². The number of Topliss-reactive ketones (excluding diaryl/α,β-unsaturated/α-hetero) is 1. The molecule has 134 valence electrons. The second-order valence-corrected chi connectivity index (χ2v) is 9.48. The predicted molar refractivity (Wildman–Crippen MR) is 93.3 cm³/mol. The third kappa shape index (κ3) is 2.07. The molecule has 0 aromatic carbocycles. The van der Waals surface area contributed by atoms with Crippen LogP contribution in [0.2, 0.25) is 0 Å². The molecule has 8 atom stereocenters. The summed E-state index contributed by atoms with van der Waals surface area (Å²) in [4.78, 5) is 12.6. The quantitative estimate of drug-likeness (QED) is 0.723. The van der Waals surface area contributed by atoms with Crippen molar-refractivity contribution in [3.05, 3.63) is 11.6 Å². The monoisotopic (exact) mass is 332 g/mol. The Morgan fingerprint density at radius 1 is 1.17 bits per heavy atom. The highest BCUT2D eigenvalue weighted by atomic mass is 16.3. The lowest BCUT2D eigenvalue weighted by molar-refractivity contribution is -0.122. The van der Waals surface area contributed by atoms with Gasteiger partial charge in [0.15, 0.2) is 0 Å². The van der Waals surface area contributed by atoms with Gasteiger partial charge in [0.25, 0.3) is 0 Å². The van der Waals surface area contributed by atoms with E-state index in [0.29, 0.717) is 36.4 Å². The van der Waals surface area contributed by atoms with Crippen molar-refractivity contribution in [3.63, 3.8) is 0 Å². The standard InChI is InChI=1S/C21H32O3/c1-4-14-17(22)10-16-13-6-5-12-9-18(23)19(24)11-21(12,3)15(13)7-8-20(14,16)2/h5,13-16,18-19,23-24H,4,6-11H2,1-3H3. The van der Waals surface area contributed by atoms with Gasteiger partial charge >= 0.3 is 0 Å². The van der Waals surface area contributed by atoms with E-state index in [4.69, 9.17) is 0 Å². The molecule has 0 saturated heterocycles. The molecule has 0 spiro atoms. The van der Waals surface area contributed by atoms with Gasteiger partial charge in [-0.2, -0.15) is 0 Å². The van der Waals surface area contributed by atoms with Gasteiger partial charge in [-0.15, -0.1) is 0 Å². The average molecular weight is 332 g/mol. The summed E-state index contributed by atoms with van der Waals surface area (Å²) in [5.74, 6) is 2.37. The summed E-state index contributed by atoms with van der Waals surface area (Å²) in [6.07, 6.45) is 7.55. The smallest absolute Gasteiger partial charge is 0.136 e. The molecule has 0 aromatic rings. The lowest BCUT2D eigenvalue weighted by Crippen LogP contribution is -2.53. The first-order chi connectivity index (χ1) is 11.3. The third-order valence-corrected chi connectivity index (χ3v) is 8.58. The molecular formula is C21H32O3. The summed E-state index contributed by atoms with van der Waals surface area (Å²) in [6, 6.07) is 0. The van der Waals surface area contributed by atoms with Gasteiger partial charge in [0, 0.05) is 12.3 Å². The molecule has 3 nitrogen and oxygen atoms in total. The Morgan fingerprint density at radius 3 is 2.62 bits per heavy atom. The van der Waals surface area contributed by atoms with Crippen LogP contribution in [0, 0.1) is 34.5 Å². The molecule has 0 bridgehead atoms. The Hall–Kier alpha value is -0.670. The van der Waals surface area contributed by atoms with Crippen LogP contribution in [0.4, 0.5) is 0 Å². The molecule has 0 aliphatic heterocycles. The fourth-order valence-electron chi connectivity index (χ4n) is 7.27. The van der Waals surface area contributed by atoms with E-state index in [1.165, 1.54) is 5.57 Å². The lowest BCUT2D eigenvalue weighted by atomic mass is 9.47. The molecule has 0 amide bonds. The first kappa shape index (κ1) is 16.8. The summed E-state index contributed by atoms with van der Waals surface area (Å²) in [5.41, 5.74) is 1.55. The number of hydrogen-bond acceptors (Lipinski definition) is 3. The van der Waals surface area contributed by atoms with E-state index in [9.17, 15) is 15.0 Å². The first-order valence-corrected chi connectivity index (χ1v) is 9.89. The Balaban J connectivity index is 1.69. The van der Waals surface area contributed by atoms with Crippen LogP contribution in [0.15, 0.2) is 11.6 Å². The van der Waals surface area contributed by atoms with Crippen LogP contribution in [0.3, 0.4) is 0 Å². The maximum Gasteiger partial charge on any atom is 0.136 e. The molecule has 0 radical (unpaired) electrons. The summed E-state index contributed by atoms with van der Waals surface area (Å²) < 4.78 is 0. The van der Waals surface area contributed by atoms with Crippen molar-refractivity contribution >= 4 is 5.78 Å². The molecule has 3 saturated carbocycles. The van der Waals surface area contributed by atoms with Crippen LogP contribution < -0.4 is 0 Å². The van der Waals surface area contributed by atoms with E-state index in [0.717, 1.165) is 32.1 Å². The van der Waals surface area contributed by atoms with Gasteiger partial charge in [0.1, 0.15) is 5.78 Å². The zero-order chi connectivity index (χ0) is 17.3. The van der Waals surface area contributed by atoms with Crippen LogP contribution in [-0.4, -0.2) is 28.2 Å². The van der Waals surface area contributed by atoms with Crippen LogP contribution in [0.25, 0.3) is 0 Å². The largest absolute Gasteiger partial charge is 0.390 e. The van der Waals surface area contributed by atoms with Gasteiger partial charge < -0.3 is 10.2 Å². The van der Waals surface area contributed by atoms with E-state index in [1.807, 2.05) is 0 Å². The predicted octanol–water partition coefficient (Wildman–Crippen LogP) is 3.49. The van der Waals surface area contributed by atoms with Crippen molar-refractivity contribution in [1.29, 1.82) is 0 Å². The van der Waals surface area contributed by atoms with E-state index in [1.54, 1.807) is 0 Å². The van der Waals surface area contributed by atoms with Crippen molar-refractivity contribution in [2.75, 3.05) is 0 Å². The minimum absolute atomic E-state index is 0.0102. The molecular weight excluding hydrogens is 300 g/mol. The lowest BCUT2D eigenvalue weighted by Gasteiger charge is -2.58. The molecule has 0 heterocycles. The number of aliphatic hydroxyl groups is 2. The minimum atomic E-state index is -0.604. The maximum atomic E-state index is 12.6. The molecule has 2 N–H and O–H groups in total. The van der Waals surface area contributed by atoms with Crippen LogP contribution in [0.1, 0.15) is 65.7 Å². The minimum Gasteiger partial charge on any atom is -0.390 e. The molecule has 24 heavy (non-hydrogen) atoms. The maximum absolute atomic E-state index is 12.6. The normalized spacial score (nSPS) is 53.9. The van der Waals surface area contributed by atoms with Gasteiger partial charge in [-0.1, -0.05) is 32.4 Å². The zero-order valence-electron chi connectivity index (χ0n) is 15.3. The molecule has 8 unspecified atom stereocenters. The number of hydrogen-bond donors (Lipinski definition) is 2. The van der Waals surface area contributed by atoms with Crippen LogP contribution in [0.5, 0.6) is 0 Å². The highest BCUT2D eigenvalue weighted by Crippen LogP contribution is 2.65. The Labute approximate surface area is 145 Å². The summed E-state index contributed by atoms with van der Waals surface area (Å²) in [6.45, 7) is 6.84. The first-order valence-electron chi connectivity index (χ1n) is 9.89. The number of fused-ring (bicyclic) bond motifs is 5. The average Bonchev–Trinajstić information content (AvgIpc) is 2.78. The Kier molecular flexibility index (Phi) is 3.78. The van der Waals surface area contributed by atoms with Gasteiger partial charge in [-0.25, -0.2) is 0 Å². The summed E-state index contributed by atoms with van der Waals surface area (Å²) in [5, 5.41) is 20.4. The summed E-state index contributed by atoms with van der Waals surface area (Å²) >= 11 is 0. The van der Waals surface area contributed by atoms with Gasteiger partial charge in [-0.05, 0) is 67.1 Å². The number of carbonyl (C=O) groups excluding carboxylic acids is 1. The second-order valence-electron chi connectivity index (χ2n) is 9.48. The molecule has 4 aliphatic carbocycles. The zero-order valence-corrected chi connectivity index (χ0v) is 15.3. The van der Waals surface area contributed by atoms with Crippen LogP contribution >= 0.6 is 0 Å². The fourth-order valence-corrected chi connectivity index (χ4v) is 7.27. The molecule has 4 rings (SSSR count). The second kappa shape index (κ2) is 5.41. The summed E-state index contributed by atoms with van der Waals surface area (Å²) in [7, 11) is 0. The third-order valence-electron chi connectivity index (χ3n) is 8.58. The van der Waals surface area contributed by atoms with E-state index in [2.05, 4.69) is 26.8 Å². The van der Waals surface area contributed by atoms with E-state index < -0.39 is 12.2 Å². The highest BCUT2D eigenvalue weighted by molar-refractivity contribution is 5.84. The molecule has 3 fully saturated rings. The van der Waals surface area contributed by atoms with Crippen molar-refractivity contribution in [1.82, 2.24) is 0 Å². The van der Waals surface area contributed by atoms with E-state index in [-0.39, 0.29) is 16.7 Å².